The number of carbonyl (C=O) groups excluding carboxylic acids is 1. The minimum atomic E-state index is -1.19. The minimum Gasteiger partial charge on any atom is -0.465 e. The van der Waals surface area contributed by atoms with Gasteiger partial charge in [0.1, 0.15) is 0 Å². The first-order chi connectivity index (χ1) is 6.10. The molecule has 0 saturated heterocycles. The Kier molecular flexibility index (Phi) is 5.05. The van der Waals surface area contributed by atoms with Crippen molar-refractivity contribution in [2.24, 2.45) is 5.41 Å². The zero-order valence-corrected chi connectivity index (χ0v) is 7.97. The van der Waals surface area contributed by atoms with E-state index >= 15 is 0 Å². The summed E-state index contributed by atoms with van der Waals surface area (Å²) in [5.74, 6) is -0.564. The van der Waals surface area contributed by atoms with E-state index in [9.17, 15) is 9.18 Å². The largest absolute Gasteiger partial charge is 0.465 e. The van der Waals surface area contributed by atoms with Gasteiger partial charge in [-0.05, 0) is 26.7 Å². The van der Waals surface area contributed by atoms with Gasteiger partial charge >= 0.3 is 5.97 Å². The van der Waals surface area contributed by atoms with Gasteiger partial charge in [0.2, 0.25) is 0 Å². The highest BCUT2D eigenvalue weighted by Crippen LogP contribution is 2.24. The number of nitriles is 1. The van der Waals surface area contributed by atoms with Crippen molar-refractivity contribution in [2.45, 2.75) is 26.7 Å². The van der Waals surface area contributed by atoms with Crippen LogP contribution in [0.15, 0.2) is 0 Å². The van der Waals surface area contributed by atoms with Gasteiger partial charge in [0.25, 0.3) is 0 Å². The molecule has 0 aliphatic heterocycles. The summed E-state index contributed by atoms with van der Waals surface area (Å²) < 4.78 is 16.6. The summed E-state index contributed by atoms with van der Waals surface area (Å²) in [7, 11) is 0. The molecule has 0 aliphatic rings. The molecule has 0 saturated carbocycles. The lowest BCUT2D eigenvalue weighted by Crippen LogP contribution is -2.28. The second kappa shape index (κ2) is 5.52. The fourth-order valence-electron chi connectivity index (χ4n) is 0.914. The lowest BCUT2D eigenvalue weighted by molar-refractivity contribution is -0.151. The lowest BCUT2D eigenvalue weighted by Gasteiger charge is -2.18. The zero-order valence-electron chi connectivity index (χ0n) is 7.97. The number of ether oxygens (including phenoxy) is 1. The standard InChI is InChI=1S/C9H14FNO2/c1-3-13-8(12)9(2,7-11)5-4-6-10/h3-6H2,1-2H3. The summed E-state index contributed by atoms with van der Waals surface area (Å²) in [5.41, 5.74) is -1.19. The molecule has 1 unspecified atom stereocenters. The van der Waals surface area contributed by atoms with Crippen LogP contribution in [0, 0.1) is 16.7 Å². The monoisotopic (exact) mass is 187 g/mol. The van der Waals surface area contributed by atoms with Gasteiger partial charge in [-0.3, -0.25) is 9.18 Å². The summed E-state index contributed by atoms with van der Waals surface area (Å²) in [6, 6.07) is 1.86. The van der Waals surface area contributed by atoms with Crippen molar-refractivity contribution in [1.82, 2.24) is 0 Å². The van der Waals surface area contributed by atoms with Crippen LogP contribution in [0.2, 0.25) is 0 Å². The third-order valence-electron chi connectivity index (χ3n) is 1.78. The number of esters is 1. The molecule has 0 bridgehead atoms. The van der Waals surface area contributed by atoms with Crippen LogP contribution in [0.3, 0.4) is 0 Å². The van der Waals surface area contributed by atoms with Crippen LogP contribution in [0.5, 0.6) is 0 Å². The van der Waals surface area contributed by atoms with Crippen molar-refractivity contribution in [1.29, 1.82) is 5.26 Å². The van der Waals surface area contributed by atoms with E-state index in [0.717, 1.165) is 0 Å². The average molecular weight is 187 g/mol. The molecule has 0 amide bonds. The number of rotatable bonds is 5. The van der Waals surface area contributed by atoms with E-state index in [1.807, 2.05) is 6.07 Å². The molecule has 3 nitrogen and oxygen atoms in total. The summed E-state index contributed by atoms with van der Waals surface area (Å²) >= 11 is 0. The van der Waals surface area contributed by atoms with Crippen LogP contribution in [0.25, 0.3) is 0 Å². The molecule has 13 heavy (non-hydrogen) atoms. The normalized spacial score (nSPS) is 14.3. The van der Waals surface area contributed by atoms with Gasteiger partial charge in [0.05, 0.1) is 19.4 Å². The van der Waals surface area contributed by atoms with E-state index in [4.69, 9.17) is 10.00 Å². The predicted octanol–water partition coefficient (Wildman–Crippen LogP) is 1.83. The third-order valence-corrected chi connectivity index (χ3v) is 1.78. The molecule has 0 rings (SSSR count). The van der Waals surface area contributed by atoms with Gasteiger partial charge < -0.3 is 4.74 Å². The van der Waals surface area contributed by atoms with Crippen molar-refractivity contribution < 1.29 is 13.9 Å². The molecule has 0 aromatic carbocycles. The highest BCUT2D eigenvalue weighted by Gasteiger charge is 2.34. The van der Waals surface area contributed by atoms with Crippen LogP contribution >= 0.6 is 0 Å². The van der Waals surface area contributed by atoms with Gasteiger partial charge in [-0.1, -0.05) is 0 Å². The number of halogens is 1. The van der Waals surface area contributed by atoms with E-state index in [2.05, 4.69) is 0 Å². The van der Waals surface area contributed by atoms with Crippen molar-refractivity contribution in [2.75, 3.05) is 13.3 Å². The van der Waals surface area contributed by atoms with Crippen molar-refractivity contribution >= 4 is 5.97 Å². The number of carbonyl (C=O) groups is 1. The number of hydrogen-bond donors (Lipinski definition) is 0. The highest BCUT2D eigenvalue weighted by molar-refractivity contribution is 5.79. The molecule has 0 aliphatic carbocycles. The molecule has 1 atom stereocenters. The predicted molar refractivity (Wildman–Crippen MR) is 45.6 cm³/mol. The smallest absolute Gasteiger partial charge is 0.326 e. The Hall–Kier alpha value is -1.11. The Labute approximate surface area is 77.5 Å². The van der Waals surface area contributed by atoms with Crippen molar-refractivity contribution in [3.63, 3.8) is 0 Å². The topological polar surface area (TPSA) is 50.1 Å². The maximum atomic E-state index is 11.8. The molecular weight excluding hydrogens is 173 g/mol. The maximum absolute atomic E-state index is 11.8. The Balaban J connectivity index is 4.27. The van der Waals surface area contributed by atoms with Crippen LogP contribution in [-0.2, 0) is 9.53 Å². The number of nitrogens with zero attached hydrogens (tertiary/aromatic N) is 1. The van der Waals surface area contributed by atoms with E-state index in [1.54, 1.807) is 6.92 Å². The summed E-state index contributed by atoms with van der Waals surface area (Å²) in [6.45, 7) is 2.87. The molecule has 74 valence electrons. The van der Waals surface area contributed by atoms with E-state index < -0.39 is 18.1 Å². The Morgan fingerprint density at radius 3 is 2.69 bits per heavy atom. The summed E-state index contributed by atoms with van der Waals surface area (Å²) in [6.07, 6.45) is 0.418. The highest BCUT2D eigenvalue weighted by atomic mass is 19.1. The quantitative estimate of drug-likeness (QED) is 0.617. The lowest BCUT2D eigenvalue weighted by atomic mass is 9.87. The van der Waals surface area contributed by atoms with E-state index in [0.29, 0.717) is 0 Å². The third kappa shape index (κ3) is 3.41. The van der Waals surface area contributed by atoms with Crippen molar-refractivity contribution in [3.8, 4) is 6.07 Å². The molecular formula is C9H14FNO2. The van der Waals surface area contributed by atoms with E-state index in [1.165, 1.54) is 6.92 Å². The fraction of sp³-hybridized carbons (Fsp3) is 0.778. The Morgan fingerprint density at radius 2 is 2.31 bits per heavy atom. The fourth-order valence-corrected chi connectivity index (χ4v) is 0.914. The van der Waals surface area contributed by atoms with Crippen LogP contribution in [0.1, 0.15) is 26.7 Å². The SMILES string of the molecule is CCOC(=O)C(C)(C#N)CCCF. The van der Waals surface area contributed by atoms with Gasteiger partial charge in [0.15, 0.2) is 5.41 Å². The van der Waals surface area contributed by atoms with Crippen LogP contribution < -0.4 is 0 Å². The summed E-state index contributed by atoms with van der Waals surface area (Å²) in [5, 5.41) is 8.74. The van der Waals surface area contributed by atoms with Gasteiger partial charge in [-0.2, -0.15) is 5.26 Å². The zero-order chi connectivity index (χ0) is 10.3. The molecule has 0 aromatic rings. The molecule has 0 N–H and O–H groups in total. The van der Waals surface area contributed by atoms with Gasteiger partial charge in [0, 0.05) is 0 Å². The first kappa shape index (κ1) is 11.9. The molecule has 0 aromatic heterocycles. The average Bonchev–Trinajstić information content (AvgIpc) is 2.14. The first-order valence-corrected chi connectivity index (χ1v) is 4.25. The molecule has 0 spiro atoms. The molecule has 0 radical (unpaired) electrons. The summed E-state index contributed by atoms with van der Waals surface area (Å²) in [4.78, 5) is 11.2. The Bertz CT molecular complexity index is 212. The van der Waals surface area contributed by atoms with Gasteiger partial charge in [-0.15, -0.1) is 0 Å². The van der Waals surface area contributed by atoms with E-state index in [-0.39, 0.29) is 19.4 Å². The second-order valence-electron chi connectivity index (χ2n) is 2.96. The number of hydrogen-bond acceptors (Lipinski definition) is 3. The second-order valence-corrected chi connectivity index (χ2v) is 2.96. The molecule has 0 heterocycles. The maximum Gasteiger partial charge on any atom is 0.326 e. The van der Waals surface area contributed by atoms with Crippen LogP contribution in [-0.4, -0.2) is 19.3 Å². The molecule has 4 heteroatoms. The first-order valence-electron chi connectivity index (χ1n) is 4.25. The van der Waals surface area contributed by atoms with Crippen molar-refractivity contribution in [3.05, 3.63) is 0 Å². The number of alkyl halides is 1. The Morgan fingerprint density at radius 1 is 1.69 bits per heavy atom. The minimum absolute atomic E-state index is 0.207. The molecule has 0 fully saturated rings. The van der Waals surface area contributed by atoms with Crippen LogP contribution in [0.4, 0.5) is 4.39 Å². The van der Waals surface area contributed by atoms with Gasteiger partial charge in [-0.25, -0.2) is 0 Å².